The fourth-order valence-electron chi connectivity index (χ4n) is 0.560. The molecule has 44 valence electrons. The van der Waals surface area contributed by atoms with Crippen LogP contribution < -0.4 is 0 Å². The Balaban J connectivity index is 2.69. The van der Waals surface area contributed by atoms with Gasteiger partial charge in [0, 0.05) is 0 Å². The van der Waals surface area contributed by atoms with E-state index in [4.69, 9.17) is 9.47 Å². The lowest BCUT2D eigenvalue weighted by atomic mass is 10.4. The zero-order valence-electron chi connectivity index (χ0n) is 4.81. The predicted molar refractivity (Wildman–Crippen MR) is 29.9 cm³/mol. The normalized spacial score (nSPS) is 23.1. The molecular weight excluding hydrogens is 104 g/mol. The van der Waals surface area contributed by atoms with E-state index in [2.05, 4.69) is 6.58 Å². The minimum atomic E-state index is 0.318. The third-order valence-electron chi connectivity index (χ3n) is 0.985. The van der Waals surface area contributed by atoms with E-state index < -0.39 is 0 Å². The summed E-state index contributed by atoms with van der Waals surface area (Å²) in [6, 6.07) is 0. The minimum Gasteiger partial charge on any atom is -0.454 e. The van der Waals surface area contributed by atoms with Crippen LogP contribution in [0.3, 0.4) is 0 Å². The van der Waals surface area contributed by atoms with E-state index in [1.807, 2.05) is 13.0 Å². The highest BCUT2D eigenvalue weighted by molar-refractivity contribution is 5.17. The zero-order chi connectivity index (χ0) is 5.98. The van der Waals surface area contributed by atoms with Gasteiger partial charge in [-0.25, -0.2) is 0 Å². The fraction of sp³-hybridized carbons (Fsp3) is 0.333. The molecule has 1 rings (SSSR count). The van der Waals surface area contributed by atoms with Gasteiger partial charge in [0.2, 0.25) is 6.79 Å². The van der Waals surface area contributed by atoms with E-state index in [1.165, 1.54) is 0 Å². The van der Waals surface area contributed by atoms with Crippen LogP contribution in [0.15, 0.2) is 24.2 Å². The molecule has 1 aliphatic rings. The molecule has 0 aromatic carbocycles. The lowest BCUT2D eigenvalue weighted by Gasteiger charge is -1.88. The summed E-state index contributed by atoms with van der Waals surface area (Å²) in [5.41, 5.74) is 0. The van der Waals surface area contributed by atoms with Gasteiger partial charge in [-0.2, -0.15) is 0 Å². The molecule has 0 unspecified atom stereocenters. The highest BCUT2D eigenvalue weighted by atomic mass is 16.7. The van der Waals surface area contributed by atoms with Crippen LogP contribution in [0.2, 0.25) is 0 Å². The van der Waals surface area contributed by atoms with Crippen LogP contribution in [-0.4, -0.2) is 6.79 Å². The van der Waals surface area contributed by atoms with Crippen molar-refractivity contribution in [1.82, 2.24) is 0 Å². The smallest absolute Gasteiger partial charge is 0.231 e. The first-order valence-electron chi connectivity index (χ1n) is 2.46. The quantitative estimate of drug-likeness (QED) is 0.471. The number of hydrogen-bond acceptors (Lipinski definition) is 2. The standard InChI is InChI=1S/C6H8O2/c1-3-6-5(2)7-4-8-6/h3H,2,4H2,1H3/b6-3+. The van der Waals surface area contributed by atoms with Crippen LogP contribution in [0.5, 0.6) is 0 Å². The molecule has 8 heavy (non-hydrogen) atoms. The largest absolute Gasteiger partial charge is 0.454 e. The molecular formula is C6H8O2. The van der Waals surface area contributed by atoms with Crippen molar-refractivity contribution in [2.24, 2.45) is 0 Å². The van der Waals surface area contributed by atoms with Gasteiger partial charge in [-0.15, -0.1) is 0 Å². The maximum atomic E-state index is 4.95. The van der Waals surface area contributed by atoms with Crippen LogP contribution in [0.25, 0.3) is 0 Å². The third kappa shape index (κ3) is 0.689. The van der Waals surface area contributed by atoms with Crippen LogP contribution in [0.4, 0.5) is 0 Å². The molecule has 1 saturated heterocycles. The third-order valence-corrected chi connectivity index (χ3v) is 0.985. The zero-order valence-corrected chi connectivity index (χ0v) is 4.81. The van der Waals surface area contributed by atoms with E-state index in [-0.39, 0.29) is 0 Å². The van der Waals surface area contributed by atoms with Crippen LogP contribution in [0.1, 0.15) is 6.92 Å². The Bertz CT molecular complexity index is 135. The summed E-state index contributed by atoms with van der Waals surface area (Å²) >= 11 is 0. The molecule has 0 radical (unpaired) electrons. The average Bonchev–Trinajstić information content (AvgIpc) is 2.14. The molecule has 0 N–H and O–H groups in total. The molecule has 1 aliphatic heterocycles. The molecule has 0 atom stereocenters. The molecule has 2 nitrogen and oxygen atoms in total. The molecule has 0 saturated carbocycles. The van der Waals surface area contributed by atoms with Gasteiger partial charge >= 0.3 is 0 Å². The highest BCUT2D eigenvalue weighted by Gasteiger charge is 2.10. The second kappa shape index (κ2) is 1.90. The minimum absolute atomic E-state index is 0.318. The molecule has 2 heteroatoms. The van der Waals surface area contributed by atoms with Crippen LogP contribution in [-0.2, 0) is 9.47 Å². The molecule has 0 bridgehead atoms. The Morgan fingerprint density at radius 1 is 1.62 bits per heavy atom. The SMILES string of the molecule is C=C1OCO/C1=C/C. The average molecular weight is 112 g/mol. The van der Waals surface area contributed by atoms with E-state index in [0.29, 0.717) is 12.6 Å². The molecule has 0 aromatic heterocycles. The summed E-state index contributed by atoms with van der Waals surface area (Å²) in [5.74, 6) is 1.39. The Morgan fingerprint density at radius 2 is 2.38 bits per heavy atom. The first-order chi connectivity index (χ1) is 3.84. The summed E-state index contributed by atoms with van der Waals surface area (Å²) in [6.45, 7) is 5.79. The van der Waals surface area contributed by atoms with Crippen molar-refractivity contribution in [2.45, 2.75) is 6.92 Å². The molecule has 1 fully saturated rings. The summed E-state index contributed by atoms with van der Waals surface area (Å²) < 4.78 is 9.83. The summed E-state index contributed by atoms with van der Waals surface area (Å²) in [4.78, 5) is 0. The lowest BCUT2D eigenvalue weighted by Crippen LogP contribution is -1.76. The summed E-state index contributed by atoms with van der Waals surface area (Å²) in [5, 5.41) is 0. The van der Waals surface area contributed by atoms with E-state index in [1.54, 1.807) is 0 Å². The second-order valence-electron chi connectivity index (χ2n) is 1.48. The Hall–Kier alpha value is -0.920. The maximum Gasteiger partial charge on any atom is 0.231 e. The van der Waals surface area contributed by atoms with Gasteiger partial charge in [0.25, 0.3) is 0 Å². The second-order valence-corrected chi connectivity index (χ2v) is 1.48. The van der Waals surface area contributed by atoms with Crippen LogP contribution in [0, 0.1) is 0 Å². The van der Waals surface area contributed by atoms with Gasteiger partial charge in [-0.3, -0.25) is 0 Å². The number of rotatable bonds is 0. The van der Waals surface area contributed by atoms with Crippen molar-refractivity contribution >= 4 is 0 Å². The Morgan fingerprint density at radius 3 is 2.62 bits per heavy atom. The molecule has 0 amide bonds. The van der Waals surface area contributed by atoms with Crippen molar-refractivity contribution in [3.05, 3.63) is 24.2 Å². The number of ether oxygens (including phenoxy) is 2. The van der Waals surface area contributed by atoms with Crippen molar-refractivity contribution in [3.63, 3.8) is 0 Å². The lowest BCUT2D eigenvalue weighted by molar-refractivity contribution is 0.0979. The van der Waals surface area contributed by atoms with Crippen LogP contribution >= 0.6 is 0 Å². The number of allylic oxidation sites excluding steroid dienone is 1. The fourth-order valence-corrected chi connectivity index (χ4v) is 0.560. The van der Waals surface area contributed by atoms with Gasteiger partial charge in [0.15, 0.2) is 11.5 Å². The first-order valence-corrected chi connectivity index (χ1v) is 2.46. The molecule has 0 spiro atoms. The number of hydrogen-bond donors (Lipinski definition) is 0. The summed E-state index contributed by atoms with van der Waals surface area (Å²) in [7, 11) is 0. The monoisotopic (exact) mass is 112 g/mol. The summed E-state index contributed by atoms with van der Waals surface area (Å²) in [6.07, 6.45) is 1.83. The van der Waals surface area contributed by atoms with Crippen molar-refractivity contribution in [2.75, 3.05) is 6.79 Å². The van der Waals surface area contributed by atoms with Gasteiger partial charge in [0.1, 0.15) is 0 Å². The van der Waals surface area contributed by atoms with E-state index in [0.717, 1.165) is 5.76 Å². The van der Waals surface area contributed by atoms with Gasteiger partial charge in [-0.1, -0.05) is 6.58 Å². The first kappa shape index (κ1) is 5.22. The Kier molecular flexibility index (Phi) is 1.24. The maximum absolute atomic E-state index is 4.95. The highest BCUT2D eigenvalue weighted by Crippen LogP contribution is 2.17. The van der Waals surface area contributed by atoms with Gasteiger partial charge < -0.3 is 9.47 Å². The molecule has 0 aromatic rings. The van der Waals surface area contributed by atoms with Crippen molar-refractivity contribution in [3.8, 4) is 0 Å². The van der Waals surface area contributed by atoms with E-state index in [9.17, 15) is 0 Å². The van der Waals surface area contributed by atoms with Gasteiger partial charge in [-0.05, 0) is 13.0 Å². The van der Waals surface area contributed by atoms with Crippen molar-refractivity contribution in [1.29, 1.82) is 0 Å². The molecule has 1 heterocycles. The predicted octanol–water partition coefficient (Wildman–Crippen LogP) is 1.41. The van der Waals surface area contributed by atoms with E-state index >= 15 is 0 Å². The topological polar surface area (TPSA) is 18.5 Å². The van der Waals surface area contributed by atoms with Gasteiger partial charge in [0.05, 0.1) is 0 Å². The molecule has 0 aliphatic carbocycles. The Labute approximate surface area is 48.4 Å². The van der Waals surface area contributed by atoms with Crippen molar-refractivity contribution < 1.29 is 9.47 Å².